The average molecular weight is 454 g/mol. The van der Waals surface area contributed by atoms with E-state index in [1.54, 1.807) is 12.1 Å². The Morgan fingerprint density at radius 3 is 2.48 bits per heavy atom. The maximum atomic E-state index is 12.9. The Hall–Kier alpha value is -3.40. The van der Waals surface area contributed by atoms with Crippen molar-refractivity contribution in [1.82, 2.24) is 4.90 Å². The molecule has 1 aliphatic heterocycles. The molecule has 1 aliphatic rings. The lowest BCUT2D eigenvalue weighted by molar-refractivity contribution is -0.137. The minimum Gasteiger partial charge on any atom is -0.335 e. The number of amides is 3. The standard InChI is InChI=1S/C20H15ClF3N3O4/c1-26(9-16(28)25-11-6-7-14(21)13(8-11)20(22,23)24)17(29)10-27-15-5-3-2-4-12(15)18(30)19(27)31/h2-8H,9-10H2,1H3,(H,25,28). The van der Waals surface area contributed by atoms with Crippen molar-refractivity contribution in [2.24, 2.45) is 0 Å². The highest BCUT2D eigenvalue weighted by Crippen LogP contribution is 2.36. The van der Waals surface area contributed by atoms with Crippen LogP contribution in [0.5, 0.6) is 0 Å². The van der Waals surface area contributed by atoms with E-state index in [0.717, 1.165) is 15.9 Å². The lowest BCUT2D eigenvalue weighted by Crippen LogP contribution is -2.43. The quantitative estimate of drug-likeness (QED) is 0.705. The van der Waals surface area contributed by atoms with Crippen molar-refractivity contribution in [3.05, 3.63) is 58.6 Å². The number of ketones is 1. The van der Waals surface area contributed by atoms with Crippen LogP contribution < -0.4 is 10.2 Å². The van der Waals surface area contributed by atoms with E-state index in [0.29, 0.717) is 11.8 Å². The molecule has 1 N–H and O–H groups in total. The maximum Gasteiger partial charge on any atom is 0.417 e. The first-order valence-corrected chi connectivity index (χ1v) is 9.22. The second kappa shape index (κ2) is 8.38. The third-order valence-electron chi connectivity index (χ3n) is 4.53. The lowest BCUT2D eigenvalue weighted by atomic mass is 10.1. The van der Waals surface area contributed by atoms with Gasteiger partial charge < -0.3 is 10.2 Å². The molecule has 31 heavy (non-hydrogen) atoms. The third-order valence-corrected chi connectivity index (χ3v) is 4.86. The van der Waals surface area contributed by atoms with Gasteiger partial charge in [-0.25, -0.2) is 0 Å². The van der Waals surface area contributed by atoms with Gasteiger partial charge in [-0.1, -0.05) is 23.7 Å². The summed E-state index contributed by atoms with van der Waals surface area (Å²) in [6, 6.07) is 9.08. The summed E-state index contributed by atoms with van der Waals surface area (Å²) in [5.41, 5.74) is -0.766. The highest BCUT2D eigenvalue weighted by Gasteiger charge is 2.37. The van der Waals surface area contributed by atoms with Crippen LogP contribution in [0.4, 0.5) is 24.5 Å². The number of benzene rings is 2. The zero-order chi connectivity index (χ0) is 22.9. The fourth-order valence-electron chi connectivity index (χ4n) is 2.99. The molecule has 0 aliphatic carbocycles. The average Bonchev–Trinajstić information content (AvgIpc) is 2.93. The molecular formula is C20H15ClF3N3O4. The van der Waals surface area contributed by atoms with Crippen molar-refractivity contribution in [2.45, 2.75) is 6.18 Å². The highest BCUT2D eigenvalue weighted by atomic mass is 35.5. The van der Waals surface area contributed by atoms with E-state index in [1.807, 2.05) is 0 Å². The number of alkyl halides is 3. The van der Waals surface area contributed by atoms with Crippen molar-refractivity contribution in [3.8, 4) is 0 Å². The molecule has 2 aromatic carbocycles. The summed E-state index contributed by atoms with van der Waals surface area (Å²) in [6.45, 7) is -0.953. The van der Waals surface area contributed by atoms with Crippen LogP contribution in [0.15, 0.2) is 42.5 Å². The Labute approximate surface area is 179 Å². The first-order chi connectivity index (χ1) is 14.5. The zero-order valence-corrected chi connectivity index (χ0v) is 16.8. The van der Waals surface area contributed by atoms with E-state index in [2.05, 4.69) is 5.32 Å². The van der Waals surface area contributed by atoms with Gasteiger partial charge in [0.15, 0.2) is 0 Å². The first kappa shape index (κ1) is 22.3. The van der Waals surface area contributed by atoms with E-state index in [-0.39, 0.29) is 11.3 Å². The number of anilines is 2. The molecule has 0 atom stereocenters. The smallest absolute Gasteiger partial charge is 0.335 e. The number of rotatable bonds is 5. The van der Waals surface area contributed by atoms with E-state index in [1.165, 1.54) is 25.2 Å². The minimum absolute atomic E-state index is 0.142. The van der Waals surface area contributed by atoms with Crippen LogP contribution in [0.2, 0.25) is 5.02 Å². The number of para-hydroxylation sites is 1. The van der Waals surface area contributed by atoms with Crippen LogP contribution in [-0.4, -0.2) is 48.5 Å². The third kappa shape index (κ3) is 4.69. The molecule has 11 heteroatoms. The summed E-state index contributed by atoms with van der Waals surface area (Å²) in [4.78, 5) is 50.8. The second-order valence-electron chi connectivity index (χ2n) is 6.73. The summed E-state index contributed by atoms with van der Waals surface area (Å²) in [5, 5.41) is 1.76. The maximum absolute atomic E-state index is 12.9. The largest absolute Gasteiger partial charge is 0.417 e. The van der Waals surface area contributed by atoms with Gasteiger partial charge in [-0.05, 0) is 30.3 Å². The number of carbonyl (C=O) groups is 4. The first-order valence-electron chi connectivity index (χ1n) is 8.85. The van der Waals surface area contributed by atoms with Gasteiger partial charge in [-0.2, -0.15) is 13.2 Å². The molecule has 0 spiro atoms. The Kier molecular flexibility index (Phi) is 6.03. The van der Waals surface area contributed by atoms with Gasteiger partial charge in [0.2, 0.25) is 11.8 Å². The van der Waals surface area contributed by atoms with Crippen LogP contribution in [0, 0.1) is 0 Å². The van der Waals surface area contributed by atoms with Gasteiger partial charge in [0.1, 0.15) is 6.54 Å². The number of fused-ring (bicyclic) bond motifs is 1. The van der Waals surface area contributed by atoms with Gasteiger partial charge in [0, 0.05) is 12.7 Å². The monoisotopic (exact) mass is 453 g/mol. The topological polar surface area (TPSA) is 86.8 Å². The Bertz CT molecular complexity index is 1090. The molecule has 0 saturated carbocycles. The van der Waals surface area contributed by atoms with E-state index < -0.39 is 53.4 Å². The molecule has 0 aromatic heterocycles. The predicted molar refractivity (Wildman–Crippen MR) is 106 cm³/mol. The molecule has 7 nitrogen and oxygen atoms in total. The Balaban J connectivity index is 1.64. The van der Waals surface area contributed by atoms with E-state index >= 15 is 0 Å². The summed E-state index contributed by atoms with van der Waals surface area (Å²) in [5.74, 6) is -2.98. The number of hydrogen-bond acceptors (Lipinski definition) is 4. The van der Waals surface area contributed by atoms with E-state index in [4.69, 9.17) is 11.6 Å². The molecule has 0 saturated heterocycles. The van der Waals surface area contributed by atoms with Crippen molar-refractivity contribution in [2.75, 3.05) is 30.4 Å². The molecule has 0 unspecified atom stereocenters. The van der Waals surface area contributed by atoms with Gasteiger partial charge in [-0.3, -0.25) is 24.1 Å². The SMILES string of the molecule is CN(CC(=O)Nc1ccc(Cl)c(C(F)(F)F)c1)C(=O)CN1C(=O)C(=O)c2ccccc21. The molecule has 1 heterocycles. The van der Waals surface area contributed by atoms with Gasteiger partial charge >= 0.3 is 6.18 Å². The highest BCUT2D eigenvalue weighted by molar-refractivity contribution is 6.52. The molecule has 162 valence electrons. The van der Waals surface area contributed by atoms with Crippen molar-refractivity contribution in [3.63, 3.8) is 0 Å². The van der Waals surface area contributed by atoms with Gasteiger partial charge in [0.05, 0.1) is 28.4 Å². The van der Waals surface area contributed by atoms with Gasteiger partial charge in [-0.15, -0.1) is 0 Å². The molecule has 0 bridgehead atoms. The predicted octanol–water partition coefficient (Wildman–Crippen LogP) is 2.99. The van der Waals surface area contributed by atoms with Crippen LogP contribution in [0.1, 0.15) is 15.9 Å². The molecular weight excluding hydrogens is 439 g/mol. The van der Waals surface area contributed by atoms with Crippen LogP contribution in [0.25, 0.3) is 0 Å². The van der Waals surface area contributed by atoms with Crippen LogP contribution in [-0.2, 0) is 20.6 Å². The Morgan fingerprint density at radius 1 is 1.13 bits per heavy atom. The summed E-state index contributed by atoms with van der Waals surface area (Å²) >= 11 is 5.54. The molecule has 0 radical (unpaired) electrons. The summed E-state index contributed by atoms with van der Waals surface area (Å²) in [6.07, 6.45) is -4.69. The van der Waals surface area contributed by atoms with E-state index in [9.17, 15) is 32.3 Å². The number of carbonyl (C=O) groups excluding carboxylic acids is 4. The fourth-order valence-corrected chi connectivity index (χ4v) is 3.21. The lowest BCUT2D eigenvalue weighted by Gasteiger charge is -2.21. The molecule has 2 aromatic rings. The van der Waals surface area contributed by atoms with Crippen molar-refractivity contribution in [1.29, 1.82) is 0 Å². The van der Waals surface area contributed by atoms with Crippen LogP contribution in [0.3, 0.4) is 0 Å². The molecule has 0 fully saturated rings. The number of likely N-dealkylation sites (N-methyl/N-ethyl adjacent to an activating group) is 1. The normalized spacial score (nSPS) is 13.3. The number of Topliss-reactive ketones (excluding diaryl/α,β-unsaturated/α-hetero) is 1. The van der Waals surface area contributed by atoms with Crippen LogP contribution >= 0.6 is 11.6 Å². The zero-order valence-electron chi connectivity index (χ0n) is 16.0. The molecule has 3 amide bonds. The van der Waals surface area contributed by atoms with Gasteiger partial charge in [0.25, 0.3) is 11.7 Å². The number of nitrogens with zero attached hydrogens (tertiary/aromatic N) is 2. The Morgan fingerprint density at radius 2 is 1.81 bits per heavy atom. The fraction of sp³-hybridized carbons (Fsp3) is 0.200. The van der Waals surface area contributed by atoms with Crippen molar-refractivity contribution >= 4 is 46.5 Å². The number of nitrogens with one attached hydrogen (secondary N) is 1. The second-order valence-corrected chi connectivity index (χ2v) is 7.14. The number of hydrogen-bond donors (Lipinski definition) is 1. The van der Waals surface area contributed by atoms with Crippen molar-refractivity contribution < 1.29 is 32.3 Å². The number of halogens is 4. The molecule has 3 rings (SSSR count). The summed E-state index contributed by atoms with van der Waals surface area (Å²) < 4.78 is 38.8. The summed E-state index contributed by atoms with van der Waals surface area (Å²) in [7, 11) is 1.29. The minimum atomic E-state index is -4.69.